The second kappa shape index (κ2) is 7.02. The van der Waals surface area contributed by atoms with Crippen LogP contribution in [-0.2, 0) is 12.8 Å². The average molecular weight is 286 g/mol. The van der Waals surface area contributed by atoms with Crippen LogP contribution < -0.4 is 5.32 Å². The Morgan fingerprint density at radius 3 is 2.85 bits per heavy atom. The smallest absolute Gasteiger partial charge is 0.0235 e. The summed E-state index contributed by atoms with van der Waals surface area (Å²) in [5.41, 5.74) is 2.91. The van der Waals surface area contributed by atoms with E-state index >= 15 is 0 Å². The molecule has 1 fully saturated rings. The molecular formula is C17H22N2S. The minimum Gasteiger partial charge on any atom is -0.311 e. The van der Waals surface area contributed by atoms with Gasteiger partial charge in [-0.3, -0.25) is 0 Å². The SMILES string of the molecule is c1ccc(CC2CN(CCc3ccsc3)CCN2)cc1. The summed E-state index contributed by atoms with van der Waals surface area (Å²) in [6.07, 6.45) is 2.32. The summed E-state index contributed by atoms with van der Waals surface area (Å²) in [4.78, 5) is 2.60. The molecule has 0 aliphatic carbocycles. The molecule has 1 aromatic carbocycles. The highest BCUT2D eigenvalue weighted by Gasteiger charge is 2.19. The van der Waals surface area contributed by atoms with E-state index < -0.39 is 0 Å². The van der Waals surface area contributed by atoms with E-state index in [0.717, 1.165) is 13.0 Å². The van der Waals surface area contributed by atoms with Crippen LogP contribution in [0.4, 0.5) is 0 Å². The first kappa shape index (κ1) is 13.8. The highest BCUT2D eigenvalue weighted by atomic mass is 32.1. The van der Waals surface area contributed by atoms with Gasteiger partial charge in [0, 0.05) is 32.2 Å². The highest BCUT2D eigenvalue weighted by Crippen LogP contribution is 2.10. The zero-order valence-corrected chi connectivity index (χ0v) is 12.6. The first-order valence-corrected chi connectivity index (χ1v) is 8.35. The van der Waals surface area contributed by atoms with E-state index in [1.165, 1.54) is 37.2 Å². The van der Waals surface area contributed by atoms with Gasteiger partial charge in [0.15, 0.2) is 0 Å². The fraction of sp³-hybridized carbons (Fsp3) is 0.412. The van der Waals surface area contributed by atoms with Crippen molar-refractivity contribution < 1.29 is 0 Å². The van der Waals surface area contributed by atoms with Gasteiger partial charge in [0.05, 0.1) is 0 Å². The molecule has 1 aliphatic heterocycles. The number of rotatable bonds is 5. The molecule has 106 valence electrons. The first-order valence-electron chi connectivity index (χ1n) is 7.41. The summed E-state index contributed by atoms with van der Waals surface area (Å²) in [6.45, 7) is 4.64. The van der Waals surface area contributed by atoms with Gasteiger partial charge in [-0.1, -0.05) is 30.3 Å². The van der Waals surface area contributed by atoms with Crippen LogP contribution in [0.25, 0.3) is 0 Å². The third-order valence-electron chi connectivity index (χ3n) is 3.96. The largest absolute Gasteiger partial charge is 0.311 e. The van der Waals surface area contributed by atoms with E-state index in [-0.39, 0.29) is 0 Å². The van der Waals surface area contributed by atoms with Gasteiger partial charge in [0.2, 0.25) is 0 Å². The van der Waals surface area contributed by atoms with Crippen LogP contribution in [0.1, 0.15) is 11.1 Å². The van der Waals surface area contributed by atoms with Gasteiger partial charge in [-0.05, 0) is 40.8 Å². The number of nitrogens with zero attached hydrogens (tertiary/aromatic N) is 1. The Morgan fingerprint density at radius 2 is 2.05 bits per heavy atom. The average Bonchev–Trinajstić information content (AvgIpc) is 3.00. The van der Waals surface area contributed by atoms with Crippen molar-refractivity contribution in [3.8, 4) is 0 Å². The Kier molecular flexibility index (Phi) is 4.85. The number of thiophene rings is 1. The van der Waals surface area contributed by atoms with Gasteiger partial charge in [0.1, 0.15) is 0 Å². The van der Waals surface area contributed by atoms with Crippen molar-refractivity contribution >= 4 is 11.3 Å². The van der Waals surface area contributed by atoms with Gasteiger partial charge < -0.3 is 10.2 Å². The zero-order valence-electron chi connectivity index (χ0n) is 11.8. The summed E-state index contributed by atoms with van der Waals surface area (Å²) in [6, 6.07) is 13.6. The van der Waals surface area contributed by atoms with Crippen molar-refractivity contribution in [2.45, 2.75) is 18.9 Å². The Morgan fingerprint density at radius 1 is 1.15 bits per heavy atom. The van der Waals surface area contributed by atoms with E-state index in [2.05, 4.69) is 57.4 Å². The predicted molar refractivity (Wildman–Crippen MR) is 86.4 cm³/mol. The molecule has 1 saturated heterocycles. The minimum absolute atomic E-state index is 0.591. The number of piperazine rings is 1. The number of nitrogens with one attached hydrogen (secondary N) is 1. The molecule has 0 radical (unpaired) electrons. The van der Waals surface area contributed by atoms with Crippen molar-refractivity contribution in [3.63, 3.8) is 0 Å². The Bertz CT molecular complexity index is 495. The lowest BCUT2D eigenvalue weighted by Crippen LogP contribution is -2.51. The van der Waals surface area contributed by atoms with Gasteiger partial charge in [-0.15, -0.1) is 0 Å². The Labute approximate surface area is 125 Å². The van der Waals surface area contributed by atoms with Crippen molar-refractivity contribution in [3.05, 3.63) is 58.3 Å². The number of hydrogen-bond donors (Lipinski definition) is 1. The molecule has 1 aromatic heterocycles. The molecular weight excluding hydrogens is 264 g/mol. The summed E-state index contributed by atoms with van der Waals surface area (Å²) in [5, 5.41) is 8.09. The topological polar surface area (TPSA) is 15.3 Å². The van der Waals surface area contributed by atoms with E-state index in [9.17, 15) is 0 Å². The summed E-state index contributed by atoms with van der Waals surface area (Å²) in [5.74, 6) is 0. The Balaban J connectivity index is 1.49. The molecule has 0 spiro atoms. The van der Waals surface area contributed by atoms with E-state index in [1.807, 2.05) is 0 Å². The van der Waals surface area contributed by atoms with Crippen LogP contribution in [0.15, 0.2) is 47.2 Å². The molecule has 2 aromatic rings. The van der Waals surface area contributed by atoms with Crippen molar-refractivity contribution in [2.75, 3.05) is 26.2 Å². The quantitative estimate of drug-likeness (QED) is 0.909. The van der Waals surface area contributed by atoms with Crippen LogP contribution in [-0.4, -0.2) is 37.1 Å². The van der Waals surface area contributed by atoms with E-state index in [4.69, 9.17) is 0 Å². The van der Waals surface area contributed by atoms with Gasteiger partial charge >= 0.3 is 0 Å². The molecule has 0 bridgehead atoms. The minimum atomic E-state index is 0.591. The molecule has 2 nitrogen and oxygen atoms in total. The number of hydrogen-bond acceptors (Lipinski definition) is 3. The van der Waals surface area contributed by atoms with Crippen LogP contribution in [0.3, 0.4) is 0 Å². The monoisotopic (exact) mass is 286 g/mol. The predicted octanol–water partition coefficient (Wildman–Crippen LogP) is 2.81. The van der Waals surface area contributed by atoms with Crippen molar-refractivity contribution in [1.29, 1.82) is 0 Å². The van der Waals surface area contributed by atoms with Gasteiger partial charge in [-0.25, -0.2) is 0 Å². The second-order valence-electron chi connectivity index (χ2n) is 5.52. The lowest BCUT2D eigenvalue weighted by atomic mass is 10.0. The van der Waals surface area contributed by atoms with Crippen LogP contribution >= 0.6 is 11.3 Å². The second-order valence-corrected chi connectivity index (χ2v) is 6.30. The lowest BCUT2D eigenvalue weighted by molar-refractivity contribution is 0.201. The molecule has 1 aliphatic rings. The molecule has 0 saturated carbocycles. The standard InChI is InChI=1S/C17H22N2S/c1-2-4-15(5-3-1)12-17-13-19(10-8-18-17)9-6-16-7-11-20-14-16/h1-5,7,11,14,17-18H,6,8-10,12-13H2. The molecule has 1 N–H and O–H groups in total. The summed E-state index contributed by atoms with van der Waals surface area (Å²) < 4.78 is 0. The normalized spacial score (nSPS) is 20.1. The third kappa shape index (κ3) is 3.92. The Hall–Kier alpha value is -1.16. The van der Waals surface area contributed by atoms with Crippen LogP contribution in [0, 0.1) is 0 Å². The molecule has 2 heterocycles. The van der Waals surface area contributed by atoms with Crippen molar-refractivity contribution in [2.24, 2.45) is 0 Å². The molecule has 20 heavy (non-hydrogen) atoms. The third-order valence-corrected chi connectivity index (χ3v) is 4.69. The molecule has 1 unspecified atom stereocenters. The summed E-state index contributed by atoms with van der Waals surface area (Å²) >= 11 is 1.80. The summed E-state index contributed by atoms with van der Waals surface area (Å²) in [7, 11) is 0. The molecule has 1 atom stereocenters. The lowest BCUT2D eigenvalue weighted by Gasteiger charge is -2.33. The fourth-order valence-corrected chi connectivity index (χ4v) is 3.56. The molecule has 3 rings (SSSR count). The first-order chi connectivity index (χ1) is 9.90. The van der Waals surface area contributed by atoms with Crippen LogP contribution in [0.5, 0.6) is 0 Å². The van der Waals surface area contributed by atoms with Gasteiger partial charge in [0.25, 0.3) is 0 Å². The van der Waals surface area contributed by atoms with E-state index in [0.29, 0.717) is 6.04 Å². The highest BCUT2D eigenvalue weighted by molar-refractivity contribution is 7.07. The maximum absolute atomic E-state index is 3.65. The van der Waals surface area contributed by atoms with Crippen LogP contribution in [0.2, 0.25) is 0 Å². The maximum Gasteiger partial charge on any atom is 0.0235 e. The van der Waals surface area contributed by atoms with Crippen molar-refractivity contribution in [1.82, 2.24) is 10.2 Å². The van der Waals surface area contributed by atoms with Gasteiger partial charge in [-0.2, -0.15) is 11.3 Å². The number of benzene rings is 1. The molecule has 3 heteroatoms. The molecule has 0 amide bonds. The zero-order chi connectivity index (χ0) is 13.6. The fourth-order valence-electron chi connectivity index (χ4n) is 2.85. The maximum atomic E-state index is 3.65. The van der Waals surface area contributed by atoms with E-state index in [1.54, 1.807) is 11.3 Å².